The van der Waals surface area contributed by atoms with Gasteiger partial charge < -0.3 is 0 Å². The van der Waals surface area contributed by atoms with Crippen LogP contribution in [0.15, 0.2) is 69.8 Å². The number of nitro benzene ring substituents is 1. The molecule has 1 aromatic carbocycles. The topological polar surface area (TPSA) is 86.8 Å². The van der Waals surface area contributed by atoms with Gasteiger partial charge in [-0.1, -0.05) is 17.7 Å². The van der Waals surface area contributed by atoms with E-state index in [4.69, 9.17) is 4.84 Å². The van der Waals surface area contributed by atoms with E-state index in [-0.39, 0.29) is 10.6 Å². The zero-order valence-electron chi connectivity index (χ0n) is 13.8. The Morgan fingerprint density at radius 2 is 2.04 bits per heavy atom. The molecule has 0 unspecified atom stereocenters. The first-order valence-corrected chi connectivity index (χ1v) is 7.73. The molecule has 0 saturated carbocycles. The van der Waals surface area contributed by atoms with Crippen LogP contribution in [0.1, 0.15) is 13.3 Å². The van der Waals surface area contributed by atoms with Gasteiger partial charge in [0, 0.05) is 18.7 Å². The van der Waals surface area contributed by atoms with E-state index in [1.165, 1.54) is 6.07 Å². The van der Waals surface area contributed by atoms with Gasteiger partial charge in [0.25, 0.3) is 5.69 Å². The van der Waals surface area contributed by atoms with Crippen LogP contribution in [0.2, 0.25) is 0 Å². The molecule has 0 N–H and O–H groups in total. The van der Waals surface area contributed by atoms with Gasteiger partial charge in [0.1, 0.15) is 23.9 Å². The van der Waals surface area contributed by atoms with Gasteiger partial charge in [-0.15, -0.1) is 10.2 Å². The van der Waals surface area contributed by atoms with Crippen molar-refractivity contribution in [3.05, 3.63) is 69.7 Å². The molecule has 0 radical (unpaired) electrons. The highest BCUT2D eigenvalue weighted by atomic mass is 16.7. The Morgan fingerprint density at radius 3 is 2.80 bits per heavy atom. The van der Waals surface area contributed by atoms with Gasteiger partial charge in [-0.2, -0.15) is 0 Å². The molecule has 1 aromatic rings. The molecule has 0 atom stereocenters. The van der Waals surface area contributed by atoms with Crippen LogP contribution in [0.3, 0.4) is 0 Å². The second kappa shape index (κ2) is 5.71. The molecule has 0 bridgehead atoms. The minimum absolute atomic E-state index is 0.0381. The van der Waals surface area contributed by atoms with Crippen LogP contribution in [0.5, 0.6) is 0 Å². The quantitative estimate of drug-likeness (QED) is 0.620. The SMILES string of the molecule is CON1C=C2N=NC3=C(N2C1)N(c1ccccc1[N+](=O)[O-])C=C(C)C3. The molecule has 0 spiro atoms. The minimum Gasteiger partial charge on any atom is -0.295 e. The molecule has 0 amide bonds. The highest BCUT2D eigenvalue weighted by Crippen LogP contribution is 2.41. The summed E-state index contributed by atoms with van der Waals surface area (Å²) in [6.07, 6.45) is 4.30. The van der Waals surface area contributed by atoms with E-state index in [0.29, 0.717) is 24.6 Å². The van der Waals surface area contributed by atoms with E-state index in [2.05, 4.69) is 10.2 Å². The minimum atomic E-state index is -0.375. The Bertz CT molecular complexity index is 872. The fourth-order valence-corrected chi connectivity index (χ4v) is 3.11. The number of anilines is 1. The van der Waals surface area contributed by atoms with Gasteiger partial charge in [0.2, 0.25) is 0 Å². The summed E-state index contributed by atoms with van der Waals surface area (Å²) in [6, 6.07) is 6.68. The smallest absolute Gasteiger partial charge is 0.293 e. The average molecular weight is 340 g/mol. The molecule has 4 rings (SSSR count). The number of hydroxylamine groups is 2. The Labute approximate surface area is 143 Å². The van der Waals surface area contributed by atoms with Crippen molar-refractivity contribution >= 4 is 11.4 Å². The van der Waals surface area contributed by atoms with E-state index in [9.17, 15) is 10.1 Å². The molecular formula is C16H16N6O3. The second-order valence-corrected chi connectivity index (χ2v) is 5.89. The number of allylic oxidation sites excluding steroid dienone is 1. The van der Waals surface area contributed by atoms with Crippen molar-refractivity contribution in [1.29, 1.82) is 0 Å². The number of fused-ring (bicyclic) bond motifs is 2. The normalized spacial score (nSPS) is 18.9. The van der Waals surface area contributed by atoms with Crippen molar-refractivity contribution in [3.63, 3.8) is 0 Å². The lowest BCUT2D eigenvalue weighted by Gasteiger charge is -2.36. The number of rotatable bonds is 3. The van der Waals surface area contributed by atoms with E-state index in [1.54, 1.807) is 36.6 Å². The third-order valence-corrected chi connectivity index (χ3v) is 4.20. The van der Waals surface area contributed by atoms with Gasteiger partial charge in [-0.25, -0.2) is 5.06 Å². The Morgan fingerprint density at radius 1 is 1.24 bits per heavy atom. The number of nitro groups is 1. The maximum Gasteiger partial charge on any atom is 0.293 e. The standard InChI is InChI=1S/C16H16N6O3/c1-11-7-12-16(21-10-19(25-2)9-15(21)18-17-12)20(8-11)13-5-3-4-6-14(13)22(23)24/h3-6,8-9H,7,10H2,1-2H3. The third kappa shape index (κ3) is 2.45. The van der Waals surface area contributed by atoms with Crippen molar-refractivity contribution < 1.29 is 9.76 Å². The summed E-state index contributed by atoms with van der Waals surface area (Å²) in [7, 11) is 1.58. The molecule has 0 aromatic heterocycles. The number of benzene rings is 1. The Kier molecular flexibility index (Phi) is 3.50. The molecule has 25 heavy (non-hydrogen) atoms. The predicted octanol–water partition coefficient (Wildman–Crippen LogP) is 3.28. The summed E-state index contributed by atoms with van der Waals surface area (Å²) in [5.41, 5.74) is 2.35. The summed E-state index contributed by atoms with van der Waals surface area (Å²) in [4.78, 5) is 20.1. The molecular weight excluding hydrogens is 324 g/mol. The third-order valence-electron chi connectivity index (χ3n) is 4.20. The number of hydrogen-bond acceptors (Lipinski definition) is 8. The van der Waals surface area contributed by atoms with Crippen molar-refractivity contribution in [2.45, 2.75) is 13.3 Å². The molecule has 3 heterocycles. The average Bonchev–Trinajstić information content (AvgIpc) is 3.04. The van der Waals surface area contributed by atoms with Crippen molar-refractivity contribution in [3.8, 4) is 0 Å². The molecule has 0 saturated heterocycles. The van der Waals surface area contributed by atoms with Crippen molar-refractivity contribution in [1.82, 2.24) is 9.96 Å². The number of hydrogen-bond donors (Lipinski definition) is 0. The molecule has 3 aliphatic heterocycles. The summed E-state index contributed by atoms with van der Waals surface area (Å²) in [5.74, 6) is 1.40. The first-order chi connectivity index (χ1) is 12.1. The number of nitrogens with zero attached hydrogens (tertiary/aromatic N) is 6. The second-order valence-electron chi connectivity index (χ2n) is 5.89. The van der Waals surface area contributed by atoms with Gasteiger partial charge in [0.05, 0.1) is 18.2 Å². The summed E-state index contributed by atoms with van der Waals surface area (Å²) in [6.45, 7) is 2.41. The maximum absolute atomic E-state index is 11.5. The Balaban J connectivity index is 1.84. The van der Waals surface area contributed by atoms with Crippen LogP contribution in [-0.2, 0) is 4.84 Å². The van der Waals surface area contributed by atoms with E-state index in [1.807, 2.05) is 22.9 Å². The lowest BCUT2D eigenvalue weighted by atomic mass is 10.1. The van der Waals surface area contributed by atoms with E-state index < -0.39 is 0 Å². The van der Waals surface area contributed by atoms with Crippen LogP contribution in [0.4, 0.5) is 11.4 Å². The lowest BCUT2D eigenvalue weighted by molar-refractivity contribution is -0.384. The van der Waals surface area contributed by atoms with Crippen LogP contribution in [0.25, 0.3) is 0 Å². The van der Waals surface area contributed by atoms with Crippen LogP contribution in [0, 0.1) is 10.1 Å². The molecule has 0 fully saturated rings. The van der Waals surface area contributed by atoms with Crippen molar-refractivity contribution in [2.24, 2.45) is 10.2 Å². The molecule has 3 aliphatic rings. The van der Waals surface area contributed by atoms with E-state index in [0.717, 1.165) is 17.1 Å². The van der Waals surface area contributed by atoms with E-state index >= 15 is 0 Å². The fourth-order valence-electron chi connectivity index (χ4n) is 3.11. The van der Waals surface area contributed by atoms with Gasteiger partial charge >= 0.3 is 0 Å². The van der Waals surface area contributed by atoms with Crippen LogP contribution in [-0.4, -0.2) is 28.7 Å². The lowest BCUT2D eigenvalue weighted by Crippen LogP contribution is -2.37. The first-order valence-electron chi connectivity index (χ1n) is 7.73. The fraction of sp³-hybridized carbons (Fsp3) is 0.250. The zero-order chi connectivity index (χ0) is 17.6. The summed E-state index contributed by atoms with van der Waals surface area (Å²) in [5, 5.41) is 21.7. The highest BCUT2D eigenvalue weighted by Gasteiger charge is 2.36. The Hall–Kier alpha value is -3.20. The predicted molar refractivity (Wildman–Crippen MR) is 89.5 cm³/mol. The van der Waals surface area contributed by atoms with Gasteiger partial charge in [-0.3, -0.25) is 24.8 Å². The largest absolute Gasteiger partial charge is 0.295 e. The van der Waals surface area contributed by atoms with Gasteiger partial charge in [-0.05, 0) is 13.0 Å². The summed E-state index contributed by atoms with van der Waals surface area (Å²) >= 11 is 0. The maximum atomic E-state index is 11.5. The molecule has 9 nitrogen and oxygen atoms in total. The zero-order valence-corrected chi connectivity index (χ0v) is 13.8. The molecule has 9 heteroatoms. The van der Waals surface area contributed by atoms with Gasteiger partial charge in [0.15, 0.2) is 5.82 Å². The molecule has 128 valence electrons. The highest BCUT2D eigenvalue weighted by molar-refractivity contribution is 5.69. The monoisotopic (exact) mass is 340 g/mol. The number of para-hydroxylation sites is 2. The first kappa shape index (κ1) is 15.3. The number of azo groups is 1. The van der Waals surface area contributed by atoms with Crippen LogP contribution < -0.4 is 4.90 Å². The van der Waals surface area contributed by atoms with Crippen LogP contribution >= 0.6 is 0 Å². The summed E-state index contributed by atoms with van der Waals surface area (Å²) < 4.78 is 0. The molecule has 0 aliphatic carbocycles. The van der Waals surface area contributed by atoms with Crippen molar-refractivity contribution in [2.75, 3.05) is 18.7 Å².